The molecule has 1 aliphatic rings. The van der Waals surface area contributed by atoms with Crippen LogP contribution in [0.4, 0.5) is 0 Å². The highest BCUT2D eigenvalue weighted by Crippen LogP contribution is 2.21. The van der Waals surface area contributed by atoms with Crippen LogP contribution in [0, 0.1) is 19.3 Å². The van der Waals surface area contributed by atoms with Crippen LogP contribution in [-0.4, -0.2) is 24.0 Å². The molecule has 104 valence electrons. The number of terminal acetylenes is 1. The van der Waals surface area contributed by atoms with Crippen LogP contribution in [-0.2, 0) is 13.1 Å². The summed E-state index contributed by atoms with van der Waals surface area (Å²) in [5.41, 5.74) is 1.24. The van der Waals surface area contributed by atoms with Gasteiger partial charge in [-0.05, 0) is 44.4 Å². The molecule has 3 heteroatoms. The van der Waals surface area contributed by atoms with Crippen molar-refractivity contribution < 1.29 is 4.42 Å². The third-order valence-corrected chi connectivity index (χ3v) is 3.43. The smallest absolute Gasteiger partial charge is 0.120 e. The Morgan fingerprint density at radius 1 is 1.53 bits per heavy atom. The Kier molecular flexibility index (Phi) is 5.07. The minimum Gasteiger partial charge on any atom is -0.463 e. The van der Waals surface area contributed by atoms with Gasteiger partial charge in [0.2, 0.25) is 0 Å². The Morgan fingerprint density at radius 2 is 2.32 bits per heavy atom. The zero-order valence-corrected chi connectivity index (χ0v) is 12.0. The summed E-state index contributed by atoms with van der Waals surface area (Å²) in [6.45, 7) is 7.63. The van der Waals surface area contributed by atoms with E-state index in [2.05, 4.69) is 36.1 Å². The number of nitrogens with zero attached hydrogens (tertiary/aromatic N) is 1. The lowest BCUT2D eigenvalue weighted by atomic mass is 10.2. The molecule has 0 aliphatic heterocycles. The lowest BCUT2D eigenvalue weighted by molar-refractivity contribution is 0.268. The van der Waals surface area contributed by atoms with Crippen molar-refractivity contribution >= 4 is 0 Å². The predicted molar refractivity (Wildman–Crippen MR) is 77.7 cm³/mol. The minimum absolute atomic E-state index is 0.684. The number of furan rings is 1. The van der Waals surface area contributed by atoms with Gasteiger partial charge in [0.25, 0.3) is 0 Å². The maximum atomic E-state index is 5.94. The average molecular weight is 260 g/mol. The number of hydrogen-bond donors (Lipinski definition) is 1. The van der Waals surface area contributed by atoms with E-state index in [0.717, 1.165) is 37.6 Å². The Hall–Kier alpha value is -1.24. The van der Waals surface area contributed by atoms with E-state index in [4.69, 9.17) is 10.8 Å². The topological polar surface area (TPSA) is 28.4 Å². The Labute approximate surface area is 116 Å². The summed E-state index contributed by atoms with van der Waals surface area (Å²) in [7, 11) is 0. The van der Waals surface area contributed by atoms with Gasteiger partial charge >= 0.3 is 0 Å². The van der Waals surface area contributed by atoms with Crippen LogP contribution in [0.5, 0.6) is 0 Å². The molecule has 0 bridgehead atoms. The van der Waals surface area contributed by atoms with Gasteiger partial charge in [-0.3, -0.25) is 4.90 Å². The fourth-order valence-electron chi connectivity index (χ4n) is 2.25. The number of nitrogens with one attached hydrogen (secondary N) is 1. The van der Waals surface area contributed by atoms with E-state index in [-0.39, 0.29) is 0 Å². The molecule has 1 aromatic heterocycles. The van der Waals surface area contributed by atoms with E-state index in [0.29, 0.717) is 12.6 Å². The van der Waals surface area contributed by atoms with E-state index in [9.17, 15) is 0 Å². The van der Waals surface area contributed by atoms with Gasteiger partial charge in [-0.25, -0.2) is 0 Å². The van der Waals surface area contributed by atoms with Gasteiger partial charge in [0.05, 0.1) is 19.6 Å². The summed E-state index contributed by atoms with van der Waals surface area (Å²) >= 11 is 0. The molecule has 0 atom stereocenters. The maximum absolute atomic E-state index is 5.94. The summed E-state index contributed by atoms with van der Waals surface area (Å²) in [6.07, 6.45) is 9.12. The molecule has 1 saturated carbocycles. The van der Waals surface area contributed by atoms with Crippen LogP contribution in [0.1, 0.15) is 43.3 Å². The molecule has 0 unspecified atom stereocenters. The molecule has 1 heterocycles. The molecule has 2 rings (SSSR count). The highest BCUT2D eigenvalue weighted by molar-refractivity contribution is 5.20. The molecule has 0 aromatic carbocycles. The summed E-state index contributed by atoms with van der Waals surface area (Å²) in [5, 5.41) is 3.49. The van der Waals surface area contributed by atoms with Crippen LogP contribution in [0.2, 0.25) is 0 Å². The third kappa shape index (κ3) is 4.41. The van der Waals surface area contributed by atoms with Crippen LogP contribution in [0.15, 0.2) is 10.5 Å². The van der Waals surface area contributed by atoms with E-state index in [1.165, 1.54) is 18.4 Å². The molecule has 0 amide bonds. The first-order valence-electron chi connectivity index (χ1n) is 7.20. The Morgan fingerprint density at radius 3 is 2.95 bits per heavy atom. The monoisotopic (exact) mass is 260 g/mol. The highest BCUT2D eigenvalue weighted by Gasteiger charge is 2.21. The second kappa shape index (κ2) is 6.79. The predicted octanol–water partition coefficient (Wildman–Crippen LogP) is 2.69. The molecule has 3 nitrogen and oxygen atoms in total. The van der Waals surface area contributed by atoms with E-state index in [1.807, 2.05) is 0 Å². The van der Waals surface area contributed by atoms with Crippen molar-refractivity contribution in [1.82, 2.24) is 10.2 Å². The van der Waals surface area contributed by atoms with Crippen molar-refractivity contribution in [3.63, 3.8) is 0 Å². The van der Waals surface area contributed by atoms with Crippen LogP contribution in [0.3, 0.4) is 0 Å². The van der Waals surface area contributed by atoms with Crippen molar-refractivity contribution in [3.8, 4) is 12.3 Å². The molecule has 1 fully saturated rings. The second-order valence-electron chi connectivity index (χ2n) is 5.39. The third-order valence-electron chi connectivity index (χ3n) is 3.43. The fraction of sp³-hybridized carbons (Fsp3) is 0.625. The molecular weight excluding hydrogens is 236 g/mol. The first-order valence-corrected chi connectivity index (χ1v) is 7.20. The van der Waals surface area contributed by atoms with Crippen molar-refractivity contribution in [2.24, 2.45) is 0 Å². The number of aryl methyl sites for hydroxylation is 1. The molecule has 0 saturated heterocycles. The molecule has 0 radical (unpaired) electrons. The number of rotatable bonds is 8. The Bertz CT molecular complexity index is 440. The summed E-state index contributed by atoms with van der Waals surface area (Å²) in [6, 6.07) is 2.86. The summed E-state index contributed by atoms with van der Waals surface area (Å²) < 4.78 is 5.94. The molecule has 19 heavy (non-hydrogen) atoms. The first kappa shape index (κ1) is 14.2. The van der Waals surface area contributed by atoms with E-state index < -0.39 is 0 Å². The normalized spacial score (nSPS) is 14.8. The van der Waals surface area contributed by atoms with E-state index >= 15 is 0 Å². The van der Waals surface area contributed by atoms with Gasteiger partial charge in [-0.2, -0.15) is 0 Å². The maximum Gasteiger partial charge on any atom is 0.120 e. The van der Waals surface area contributed by atoms with E-state index in [1.54, 1.807) is 0 Å². The fourth-order valence-corrected chi connectivity index (χ4v) is 2.25. The second-order valence-corrected chi connectivity index (χ2v) is 5.39. The van der Waals surface area contributed by atoms with Crippen molar-refractivity contribution in [1.29, 1.82) is 0 Å². The zero-order chi connectivity index (χ0) is 13.7. The van der Waals surface area contributed by atoms with Crippen LogP contribution in [0.25, 0.3) is 0 Å². The quantitative estimate of drug-likeness (QED) is 0.728. The Balaban J connectivity index is 1.91. The largest absolute Gasteiger partial charge is 0.463 e. The lowest BCUT2D eigenvalue weighted by Crippen LogP contribution is -2.24. The standard InChI is InChI=1S/C16H24N2O/c1-4-8-18(9-5-2)12-15-10-13(3)16(19-15)11-17-14-6-7-14/h1,10,14,17H,5-9,11-12H2,2-3H3. The molecule has 1 N–H and O–H groups in total. The molecule has 0 spiro atoms. The average Bonchev–Trinajstić information content (AvgIpc) is 3.13. The van der Waals surface area contributed by atoms with Crippen molar-refractivity contribution in [2.45, 2.75) is 52.2 Å². The number of hydrogen-bond acceptors (Lipinski definition) is 3. The summed E-state index contributed by atoms with van der Waals surface area (Å²) in [4.78, 5) is 2.25. The van der Waals surface area contributed by atoms with Crippen molar-refractivity contribution in [3.05, 3.63) is 23.2 Å². The molecular formula is C16H24N2O. The minimum atomic E-state index is 0.684. The van der Waals surface area contributed by atoms with Gasteiger partial charge in [0.1, 0.15) is 11.5 Å². The van der Waals surface area contributed by atoms with Crippen molar-refractivity contribution in [2.75, 3.05) is 13.1 Å². The van der Waals surface area contributed by atoms with Gasteiger partial charge in [0, 0.05) is 6.04 Å². The lowest BCUT2D eigenvalue weighted by Gasteiger charge is -2.16. The van der Waals surface area contributed by atoms with Gasteiger partial charge in [0.15, 0.2) is 0 Å². The van der Waals surface area contributed by atoms with Gasteiger partial charge < -0.3 is 9.73 Å². The molecule has 1 aromatic rings. The van der Waals surface area contributed by atoms with Crippen LogP contribution >= 0.6 is 0 Å². The SMILES string of the molecule is C#CCN(CCC)Cc1cc(C)c(CNC2CC2)o1. The zero-order valence-electron chi connectivity index (χ0n) is 12.0. The van der Waals surface area contributed by atoms with Gasteiger partial charge in [-0.15, -0.1) is 6.42 Å². The molecule has 1 aliphatic carbocycles. The van der Waals surface area contributed by atoms with Crippen LogP contribution < -0.4 is 5.32 Å². The first-order chi connectivity index (χ1) is 9.22. The summed E-state index contributed by atoms with van der Waals surface area (Å²) in [5.74, 6) is 4.81. The van der Waals surface area contributed by atoms with Gasteiger partial charge in [-0.1, -0.05) is 12.8 Å². The highest BCUT2D eigenvalue weighted by atomic mass is 16.3.